The molecule has 0 aromatic heterocycles. The third kappa shape index (κ3) is 1.91. The lowest BCUT2D eigenvalue weighted by atomic mass is 9.45. The maximum atomic E-state index is 10.3. The molecule has 0 aromatic rings. The largest absolute Gasteiger partial charge is 0.393 e. The number of hydrogen-bond donors (Lipinski definition) is 2. The smallest absolute Gasteiger partial charge is 0.0545 e. The van der Waals surface area contributed by atoms with Gasteiger partial charge in [0.25, 0.3) is 0 Å². The Labute approximate surface area is 129 Å². The first-order valence-electron chi connectivity index (χ1n) is 9.39. The summed E-state index contributed by atoms with van der Waals surface area (Å²) in [6.07, 6.45) is 11.5. The average Bonchev–Trinajstić information content (AvgIpc) is 2.74. The van der Waals surface area contributed by atoms with E-state index in [1.165, 1.54) is 44.9 Å². The van der Waals surface area contributed by atoms with Gasteiger partial charge in [-0.15, -0.1) is 0 Å². The van der Waals surface area contributed by atoms with Gasteiger partial charge in [-0.1, -0.05) is 13.8 Å². The minimum Gasteiger partial charge on any atom is -0.393 e. The number of rotatable bonds is 0. The van der Waals surface area contributed by atoms with Gasteiger partial charge in [-0.25, -0.2) is 0 Å². The van der Waals surface area contributed by atoms with Crippen molar-refractivity contribution in [2.75, 3.05) is 0 Å². The molecule has 4 fully saturated rings. The molecule has 21 heavy (non-hydrogen) atoms. The van der Waals surface area contributed by atoms with Crippen molar-refractivity contribution in [3.05, 3.63) is 0 Å². The topological polar surface area (TPSA) is 46.2 Å². The molecule has 3 unspecified atom stereocenters. The molecule has 3 N–H and O–H groups in total. The Balaban J connectivity index is 1.64. The van der Waals surface area contributed by atoms with Crippen LogP contribution in [-0.4, -0.2) is 17.3 Å². The summed E-state index contributed by atoms with van der Waals surface area (Å²) in [5.41, 5.74) is 7.32. The summed E-state index contributed by atoms with van der Waals surface area (Å²) >= 11 is 0. The molecular formula is C19H33NO. The predicted molar refractivity (Wildman–Crippen MR) is 85.7 cm³/mol. The number of hydrogen-bond acceptors (Lipinski definition) is 2. The maximum absolute atomic E-state index is 10.3. The van der Waals surface area contributed by atoms with Crippen molar-refractivity contribution in [3.8, 4) is 0 Å². The van der Waals surface area contributed by atoms with Gasteiger partial charge in [-0.05, 0) is 92.3 Å². The molecule has 2 nitrogen and oxygen atoms in total. The SMILES string of the molecule is C[C@]12CC(O)CCC1CC[C@@H]1[C@H]2CC[C@]2(C)C(N)CC[C@@H]12. The van der Waals surface area contributed by atoms with Crippen molar-refractivity contribution in [1.82, 2.24) is 0 Å². The molecular weight excluding hydrogens is 258 g/mol. The molecule has 0 heterocycles. The van der Waals surface area contributed by atoms with Crippen molar-refractivity contribution in [1.29, 1.82) is 0 Å². The third-order valence-electron chi connectivity index (χ3n) is 8.66. The van der Waals surface area contributed by atoms with E-state index in [0.29, 0.717) is 16.9 Å². The first-order chi connectivity index (χ1) is 9.95. The van der Waals surface area contributed by atoms with Crippen LogP contribution in [0.2, 0.25) is 0 Å². The summed E-state index contributed by atoms with van der Waals surface area (Å²) in [7, 11) is 0. The van der Waals surface area contributed by atoms with Crippen LogP contribution < -0.4 is 5.73 Å². The molecule has 0 saturated heterocycles. The van der Waals surface area contributed by atoms with Crippen LogP contribution in [0.25, 0.3) is 0 Å². The highest BCUT2D eigenvalue weighted by Gasteiger charge is 2.59. The summed E-state index contributed by atoms with van der Waals surface area (Å²) in [5, 5.41) is 10.3. The van der Waals surface area contributed by atoms with Crippen molar-refractivity contribution in [3.63, 3.8) is 0 Å². The van der Waals surface area contributed by atoms with Gasteiger partial charge in [0, 0.05) is 6.04 Å². The normalized spacial score (nSPS) is 60.0. The second kappa shape index (κ2) is 4.71. The fourth-order valence-corrected chi connectivity index (χ4v) is 7.37. The van der Waals surface area contributed by atoms with E-state index in [1.54, 1.807) is 0 Å². The van der Waals surface area contributed by atoms with Gasteiger partial charge in [0.1, 0.15) is 0 Å². The van der Waals surface area contributed by atoms with E-state index in [-0.39, 0.29) is 6.10 Å². The van der Waals surface area contributed by atoms with E-state index in [9.17, 15) is 5.11 Å². The summed E-state index contributed by atoms with van der Waals surface area (Å²) in [4.78, 5) is 0. The molecule has 4 saturated carbocycles. The zero-order chi connectivity index (χ0) is 14.8. The number of aliphatic hydroxyl groups excluding tert-OH is 1. The number of aliphatic hydroxyl groups is 1. The zero-order valence-electron chi connectivity index (χ0n) is 13.9. The van der Waals surface area contributed by atoms with E-state index in [1.807, 2.05) is 0 Å². The van der Waals surface area contributed by atoms with Crippen LogP contribution in [0.5, 0.6) is 0 Å². The number of nitrogens with two attached hydrogens (primary N) is 1. The van der Waals surface area contributed by atoms with Gasteiger partial charge in [-0.2, -0.15) is 0 Å². The second-order valence-electron chi connectivity index (χ2n) is 9.32. The first-order valence-corrected chi connectivity index (χ1v) is 9.39. The van der Waals surface area contributed by atoms with E-state index >= 15 is 0 Å². The molecule has 4 aliphatic rings. The van der Waals surface area contributed by atoms with Gasteiger partial charge in [0.05, 0.1) is 6.10 Å². The molecule has 0 amide bonds. The molecule has 120 valence electrons. The standard InChI is InChI=1S/C19H33NO/c1-18-10-9-16-14(15(18)7-8-17(18)20)6-4-12-3-5-13(21)11-19(12,16)2/h12-17,21H,3-11,20H2,1-2H3/t12?,13?,14-,15-,16+,17?,18-,19-/m0/s1. The molecule has 4 aliphatic carbocycles. The predicted octanol–water partition coefficient (Wildman–Crippen LogP) is 3.72. The summed E-state index contributed by atoms with van der Waals surface area (Å²) in [6.45, 7) is 5.00. The lowest BCUT2D eigenvalue weighted by Crippen LogP contribution is -2.55. The molecule has 2 heteroatoms. The van der Waals surface area contributed by atoms with E-state index < -0.39 is 0 Å². The summed E-state index contributed by atoms with van der Waals surface area (Å²) in [5.74, 6) is 3.49. The Bertz CT molecular complexity index is 424. The lowest BCUT2D eigenvalue weighted by Gasteiger charge is -2.60. The van der Waals surface area contributed by atoms with Crippen LogP contribution in [-0.2, 0) is 0 Å². The van der Waals surface area contributed by atoms with Gasteiger partial charge < -0.3 is 10.8 Å². The monoisotopic (exact) mass is 291 g/mol. The Morgan fingerprint density at radius 2 is 1.57 bits per heavy atom. The highest BCUT2D eigenvalue weighted by molar-refractivity contribution is 5.10. The van der Waals surface area contributed by atoms with Crippen molar-refractivity contribution < 1.29 is 5.11 Å². The minimum absolute atomic E-state index is 0.0378. The molecule has 4 rings (SSSR count). The lowest BCUT2D eigenvalue weighted by molar-refractivity contribution is -0.126. The second-order valence-corrected chi connectivity index (χ2v) is 9.32. The average molecular weight is 291 g/mol. The molecule has 0 aromatic carbocycles. The fraction of sp³-hybridized carbons (Fsp3) is 1.00. The molecule has 0 radical (unpaired) electrons. The Morgan fingerprint density at radius 3 is 2.38 bits per heavy atom. The van der Waals surface area contributed by atoms with E-state index in [0.717, 1.165) is 36.5 Å². The Hall–Kier alpha value is -0.0800. The zero-order valence-corrected chi connectivity index (χ0v) is 13.9. The Morgan fingerprint density at radius 1 is 0.857 bits per heavy atom. The van der Waals surface area contributed by atoms with Gasteiger partial charge in [-0.3, -0.25) is 0 Å². The molecule has 0 spiro atoms. The summed E-state index contributed by atoms with van der Waals surface area (Å²) in [6, 6.07) is 0.436. The van der Waals surface area contributed by atoms with Crippen LogP contribution in [0.4, 0.5) is 0 Å². The third-order valence-corrected chi connectivity index (χ3v) is 8.66. The van der Waals surface area contributed by atoms with Gasteiger partial charge in [0.2, 0.25) is 0 Å². The highest BCUT2D eigenvalue weighted by Crippen LogP contribution is 2.65. The van der Waals surface area contributed by atoms with Crippen LogP contribution in [0.1, 0.15) is 71.6 Å². The maximum Gasteiger partial charge on any atom is 0.0545 e. The highest BCUT2D eigenvalue weighted by atomic mass is 16.3. The van der Waals surface area contributed by atoms with Crippen LogP contribution in [0, 0.1) is 34.5 Å². The fourth-order valence-electron chi connectivity index (χ4n) is 7.37. The van der Waals surface area contributed by atoms with E-state index in [2.05, 4.69) is 13.8 Å². The van der Waals surface area contributed by atoms with Crippen LogP contribution in [0.15, 0.2) is 0 Å². The van der Waals surface area contributed by atoms with Gasteiger partial charge in [0.15, 0.2) is 0 Å². The number of fused-ring (bicyclic) bond motifs is 5. The van der Waals surface area contributed by atoms with Crippen LogP contribution in [0.3, 0.4) is 0 Å². The molecule has 0 bridgehead atoms. The quantitative estimate of drug-likeness (QED) is 0.714. The summed E-state index contributed by atoms with van der Waals surface area (Å²) < 4.78 is 0. The minimum atomic E-state index is -0.0378. The van der Waals surface area contributed by atoms with Crippen molar-refractivity contribution >= 4 is 0 Å². The van der Waals surface area contributed by atoms with E-state index in [4.69, 9.17) is 5.73 Å². The van der Waals surface area contributed by atoms with Gasteiger partial charge >= 0.3 is 0 Å². The van der Waals surface area contributed by atoms with Crippen LogP contribution >= 0.6 is 0 Å². The van der Waals surface area contributed by atoms with Crippen molar-refractivity contribution in [2.24, 2.45) is 40.2 Å². The Kier molecular flexibility index (Phi) is 3.25. The molecule has 8 atom stereocenters. The molecule has 0 aliphatic heterocycles. The van der Waals surface area contributed by atoms with Crippen molar-refractivity contribution in [2.45, 2.75) is 83.8 Å². The first kappa shape index (κ1) is 14.5.